The van der Waals surface area contributed by atoms with Crippen molar-refractivity contribution in [2.75, 3.05) is 51.0 Å². The number of aromatic nitrogens is 2. The first kappa shape index (κ1) is 20.9. The van der Waals surface area contributed by atoms with E-state index >= 15 is 0 Å². The van der Waals surface area contributed by atoms with Gasteiger partial charge in [-0.3, -0.25) is 4.79 Å². The second-order valence-electron chi connectivity index (χ2n) is 6.90. The third-order valence-corrected chi connectivity index (χ3v) is 4.72. The van der Waals surface area contributed by atoms with Crippen LogP contribution in [-0.4, -0.2) is 61.9 Å². The van der Waals surface area contributed by atoms with Crippen LogP contribution in [0.15, 0.2) is 24.3 Å². The van der Waals surface area contributed by atoms with Crippen LogP contribution in [-0.2, 0) is 9.53 Å². The number of carbonyl (C=O) groups excluding carboxylic acids is 1. The highest BCUT2D eigenvalue weighted by atomic mass is 16.5. The lowest BCUT2D eigenvalue weighted by Gasteiger charge is -2.28. The smallest absolute Gasteiger partial charge is 0.258 e. The molecule has 1 saturated heterocycles. The highest BCUT2D eigenvalue weighted by Gasteiger charge is 2.14. The van der Waals surface area contributed by atoms with Crippen molar-refractivity contribution in [2.24, 2.45) is 0 Å². The van der Waals surface area contributed by atoms with Crippen LogP contribution in [0.1, 0.15) is 17.0 Å². The Morgan fingerprint density at radius 3 is 2.76 bits per heavy atom. The molecule has 2 heterocycles. The molecule has 0 bridgehead atoms. The van der Waals surface area contributed by atoms with Crippen molar-refractivity contribution in [1.29, 1.82) is 0 Å². The molecule has 8 nitrogen and oxygen atoms in total. The zero-order valence-electron chi connectivity index (χ0n) is 17.2. The predicted molar refractivity (Wildman–Crippen MR) is 110 cm³/mol. The second kappa shape index (κ2) is 10.1. The number of morpholine rings is 1. The van der Waals surface area contributed by atoms with E-state index in [0.29, 0.717) is 38.1 Å². The number of rotatable bonds is 8. The average Bonchev–Trinajstić information content (AvgIpc) is 2.72. The normalized spacial score (nSPS) is 13.8. The fourth-order valence-electron chi connectivity index (χ4n) is 2.97. The molecule has 1 fully saturated rings. The third-order valence-electron chi connectivity index (χ3n) is 4.72. The number of anilines is 1. The lowest BCUT2D eigenvalue weighted by Crippen LogP contribution is -2.37. The van der Waals surface area contributed by atoms with Crippen LogP contribution in [0.4, 0.5) is 5.82 Å². The fourth-order valence-corrected chi connectivity index (χ4v) is 2.97. The zero-order chi connectivity index (χ0) is 20.6. The molecule has 2 aromatic rings. The maximum Gasteiger partial charge on any atom is 0.258 e. The number of hydrogen-bond acceptors (Lipinski definition) is 7. The molecule has 1 N–H and O–H groups in total. The van der Waals surface area contributed by atoms with E-state index in [2.05, 4.69) is 20.2 Å². The summed E-state index contributed by atoms with van der Waals surface area (Å²) in [5.74, 6) is 2.52. The number of benzene rings is 1. The highest BCUT2D eigenvalue weighted by Crippen LogP contribution is 2.20. The van der Waals surface area contributed by atoms with Crippen molar-refractivity contribution in [3.8, 4) is 11.6 Å². The number of hydrogen-bond donors (Lipinski definition) is 1. The molecular weight excluding hydrogens is 372 g/mol. The topological polar surface area (TPSA) is 85.8 Å². The van der Waals surface area contributed by atoms with Crippen LogP contribution in [0.5, 0.6) is 11.6 Å². The number of ether oxygens (including phenoxy) is 3. The summed E-state index contributed by atoms with van der Waals surface area (Å²) in [6.07, 6.45) is 0. The Morgan fingerprint density at radius 2 is 1.97 bits per heavy atom. The van der Waals surface area contributed by atoms with Crippen molar-refractivity contribution in [3.63, 3.8) is 0 Å². The minimum Gasteiger partial charge on any atom is -0.483 e. The summed E-state index contributed by atoms with van der Waals surface area (Å²) in [6, 6.07) is 7.61. The molecule has 1 aliphatic heterocycles. The Bertz CT molecular complexity index is 837. The second-order valence-corrected chi connectivity index (χ2v) is 6.90. The van der Waals surface area contributed by atoms with Crippen molar-refractivity contribution in [3.05, 3.63) is 41.2 Å². The van der Waals surface area contributed by atoms with Gasteiger partial charge in [0, 0.05) is 19.2 Å². The van der Waals surface area contributed by atoms with Gasteiger partial charge in [-0.05, 0) is 38.0 Å². The van der Waals surface area contributed by atoms with Gasteiger partial charge in [0.1, 0.15) is 24.0 Å². The third kappa shape index (κ3) is 6.05. The molecule has 1 aromatic carbocycles. The van der Waals surface area contributed by atoms with Crippen LogP contribution in [0.3, 0.4) is 0 Å². The van der Waals surface area contributed by atoms with E-state index in [4.69, 9.17) is 14.2 Å². The van der Waals surface area contributed by atoms with Crippen molar-refractivity contribution in [2.45, 2.75) is 20.8 Å². The van der Waals surface area contributed by atoms with Gasteiger partial charge in [-0.1, -0.05) is 12.1 Å². The molecule has 1 amide bonds. The number of amides is 1. The largest absolute Gasteiger partial charge is 0.483 e. The monoisotopic (exact) mass is 400 g/mol. The van der Waals surface area contributed by atoms with Crippen LogP contribution >= 0.6 is 0 Å². The summed E-state index contributed by atoms with van der Waals surface area (Å²) in [7, 11) is 0. The molecule has 0 radical (unpaired) electrons. The number of aryl methyl sites for hydroxylation is 2. The summed E-state index contributed by atoms with van der Waals surface area (Å²) >= 11 is 0. The maximum atomic E-state index is 12.0. The summed E-state index contributed by atoms with van der Waals surface area (Å²) in [4.78, 5) is 22.9. The Balaban J connectivity index is 1.42. The number of carbonyl (C=O) groups is 1. The Hall–Kier alpha value is -2.87. The molecule has 0 unspecified atom stereocenters. The zero-order valence-corrected chi connectivity index (χ0v) is 17.2. The van der Waals surface area contributed by atoms with Crippen LogP contribution in [0, 0.1) is 20.8 Å². The molecule has 0 atom stereocenters. The summed E-state index contributed by atoms with van der Waals surface area (Å²) in [5.41, 5.74) is 2.17. The van der Waals surface area contributed by atoms with Gasteiger partial charge in [0.25, 0.3) is 5.91 Å². The number of nitrogens with one attached hydrogen (secondary N) is 1. The number of nitrogens with zero attached hydrogens (tertiary/aromatic N) is 3. The Kier molecular flexibility index (Phi) is 7.24. The van der Waals surface area contributed by atoms with Crippen molar-refractivity contribution in [1.82, 2.24) is 15.3 Å². The molecule has 0 spiro atoms. The fraction of sp³-hybridized carbons (Fsp3) is 0.476. The average molecular weight is 400 g/mol. The van der Waals surface area contributed by atoms with Crippen LogP contribution < -0.4 is 19.7 Å². The Labute approximate surface area is 171 Å². The van der Waals surface area contributed by atoms with Crippen LogP contribution in [0.2, 0.25) is 0 Å². The molecule has 0 aliphatic carbocycles. The molecule has 3 rings (SSSR count). The van der Waals surface area contributed by atoms with E-state index in [1.165, 1.54) is 0 Å². The molecule has 29 heavy (non-hydrogen) atoms. The first-order chi connectivity index (χ1) is 14.0. The molecule has 8 heteroatoms. The van der Waals surface area contributed by atoms with Crippen LogP contribution in [0.25, 0.3) is 0 Å². The Morgan fingerprint density at radius 1 is 1.17 bits per heavy atom. The van der Waals surface area contributed by atoms with Crippen molar-refractivity contribution >= 4 is 11.7 Å². The first-order valence-electron chi connectivity index (χ1n) is 9.80. The van der Waals surface area contributed by atoms with Gasteiger partial charge < -0.3 is 24.4 Å². The quantitative estimate of drug-likeness (QED) is 0.677. The SMILES string of the molecule is Cc1nc(OCCNC(=O)COc2cccc(C)c2C)cc(N2CCOCC2)n1. The molecule has 1 aromatic heterocycles. The van der Waals surface area contributed by atoms with Gasteiger partial charge in [0.05, 0.1) is 19.8 Å². The summed E-state index contributed by atoms with van der Waals surface area (Å²) in [6.45, 7) is 9.45. The van der Waals surface area contributed by atoms with Gasteiger partial charge in [-0.25, -0.2) is 4.98 Å². The van der Waals surface area contributed by atoms with E-state index < -0.39 is 0 Å². The van der Waals surface area contributed by atoms with Gasteiger partial charge in [-0.2, -0.15) is 4.98 Å². The summed E-state index contributed by atoms with van der Waals surface area (Å²) < 4.78 is 16.7. The molecule has 0 saturated carbocycles. The van der Waals surface area contributed by atoms with Gasteiger partial charge in [0.2, 0.25) is 5.88 Å². The van der Waals surface area contributed by atoms with Gasteiger partial charge in [-0.15, -0.1) is 0 Å². The predicted octanol–water partition coefficient (Wildman–Crippen LogP) is 1.81. The molecule has 1 aliphatic rings. The lowest BCUT2D eigenvalue weighted by atomic mass is 10.1. The van der Waals surface area contributed by atoms with E-state index in [9.17, 15) is 4.79 Å². The van der Waals surface area contributed by atoms with Gasteiger partial charge in [0.15, 0.2) is 6.61 Å². The minimum atomic E-state index is -0.192. The first-order valence-corrected chi connectivity index (χ1v) is 9.80. The summed E-state index contributed by atoms with van der Waals surface area (Å²) in [5, 5.41) is 2.79. The van der Waals surface area contributed by atoms with Gasteiger partial charge >= 0.3 is 0 Å². The molecular formula is C21H28N4O4. The molecule has 156 valence electrons. The highest BCUT2D eigenvalue weighted by molar-refractivity contribution is 5.77. The van der Waals surface area contributed by atoms with Crippen molar-refractivity contribution < 1.29 is 19.0 Å². The minimum absolute atomic E-state index is 0.0297. The maximum absolute atomic E-state index is 12.0. The van der Waals surface area contributed by atoms with E-state index in [1.807, 2.05) is 45.0 Å². The van der Waals surface area contributed by atoms with E-state index in [0.717, 1.165) is 35.8 Å². The van der Waals surface area contributed by atoms with E-state index in [-0.39, 0.29) is 12.5 Å². The lowest BCUT2D eigenvalue weighted by molar-refractivity contribution is -0.123. The van der Waals surface area contributed by atoms with E-state index in [1.54, 1.807) is 0 Å². The standard InChI is InChI=1S/C21H28N4O4/c1-15-5-4-6-18(16(15)2)29-14-20(26)22-7-10-28-21-13-19(23-17(3)24-21)25-8-11-27-12-9-25/h4-6,13H,7-12,14H2,1-3H3,(H,22,26).